The van der Waals surface area contributed by atoms with Crippen LogP contribution in [-0.4, -0.2) is 35.1 Å². The van der Waals surface area contributed by atoms with E-state index < -0.39 is 5.82 Å². The number of hydrogen-bond donors (Lipinski definition) is 2. The topological polar surface area (TPSA) is 96.0 Å². The minimum absolute atomic E-state index is 0.290. The molecule has 0 amide bonds. The summed E-state index contributed by atoms with van der Waals surface area (Å²) in [7, 11) is 0. The summed E-state index contributed by atoms with van der Waals surface area (Å²) >= 11 is 0. The van der Waals surface area contributed by atoms with E-state index in [1.54, 1.807) is 48.9 Å². The molecule has 2 aromatic carbocycles. The van der Waals surface area contributed by atoms with Crippen molar-refractivity contribution in [2.45, 2.75) is 0 Å². The maximum absolute atomic E-state index is 15.6. The standard InChI is InChI=1S/C23H13F2N7/c24-14-3-1-2-12(8-14)16-6-7-28-22-20(16)29-23(30-22)21-18-17(31-32-21)5-4-15(19(18)25)13-9-26-11-27-10-13/h1-11H,(H,31,32)(H,28,29,30). The molecule has 6 rings (SSSR count). The van der Waals surface area contributed by atoms with Gasteiger partial charge in [0.05, 0.1) is 10.9 Å². The Labute approximate surface area is 179 Å². The van der Waals surface area contributed by atoms with Crippen LogP contribution >= 0.6 is 0 Å². The molecule has 4 heterocycles. The quantitative estimate of drug-likeness (QED) is 0.420. The molecule has 0 aliphatic carbocycles. The van der Waals surface area contributed by atoms with Crippen molar-refractivity contribution in [3.8, 4) is 33.8 Å². The Morgan fingerprint density at radius 2 is 1.75 bits per heavy atom. The number of fused-ring (bicyclic) bond motifs is 2. The summed E-state index contributed by atoms with van der Waals surface area (Å²) < 4.78 is 29.3. The molecule has 2 N–H and O–H groups in total. The largest absolute Gasteiger partial charge is 0.321 e. The zero-order valence-electron chi connectivity index (χ0n) is 16.3. The Hall–Kier alpha value is -4.53. The second kappa shape index (κ2) is 7.02. The van der Waals surface area contributed by atoms with Gasteiger partial charge in [-0.05, 0) is 35.9 Å². The molecule has 0 radical (unpaired) electrons. The van der Waals surface area contributed by atoms with E-state index in [9.17, 15) is 4.39 Å². The molecule has 9 heteroatoms. The molecule has 0 spiro atoms. The summed E-state index contributed by atoms with van der Waals surface area (Å²) in [6, 6.07) is 11.4. The third-order valence-electron chi connectivity index (χ3n) is 5.28. The van der Waals surface area contributed by atoms with Crippen LogP contribution in [0.5, 0.6) is 0 Å². The van der Waals surface area contributed by atoms with Gasteiger partial charge in [-0.15, -0.1) is 0 Å². The van der Waals surface area contributed by atoms with Crippen LogP contribution in [-0.2, 0) is 0 Å². The molecule has 0 bridgehead atoms. The first-order valence-electron chi connectivity index (χ1n) is 9.72. The number of nitrogens with zero attached hydrogens (tertiary/aromatic N) is 5. The fourth-order valence-corrected chi connectivity index (χ4v) is 3.82. The molecule has 4 aromatic heterocycles. The van der Waals surface area contributed by atoms with Gasteiger partial charge in [0.2, 0.25) is 0 Å². The third kappa shape index (κ3) is 2.83. The Morgan fingerprint density at radius 1 is 0.875 bits per heavy atom. The summed E-state index contributed by atoms with van der Waals surface area (Å²) in [5, 5.41) is 7.44. The fourth-order valence-electron chi connectivity index (χ4n) is 3.82. The van der Waals surface area contributed by atoms with Crippen molar-refractivity contribution in [3.63, 3.8) is 0 Å². The Kier molecular flexibility index (Phi) is 4.00. The molecule has 0 atom stereocenters. The first-order valence-corrected chi connectivity index (χ1v) is 9.72. The lowest BCUT2D eigenvalue weighted by atomic mass is 10.0. The lowest BCUT2D eigenvalue weighted by Gasteiger charge is -2.04. The van der Waals surface area contributed by atoms with Crippen molar-refractivity contribution in [1.82, 2.24) is 35.1 Å². The maximum atomic E-state index is 15.6. The van der Waals surface area contributed by atoms with Gasteiger partial charge in [-0.25, -0.2) is 28.7 Å². The van der Waals surface area contributed by atoms with E-state index in [1.165, 1.54) is 18.5 Å². The van der Waals surface area contributed by atoms with E-state index in [0.29, 0.717) is 50.5 Å². The number of aromatic amines is 2. The molecular weight excluding hydrogens is 412 g/mol. The highest BCUT2D eigenvalue weighted by atomic mass is 19.1. The van der Waals surface area contributed by atoms with Crippen molar-refractivity contribution in [2.75, 3.05) is 0 Å². The van der Waals surface area contributed by atoms with Gasteiger partial charge in [-0.1, -0.05) is 12.1 Å². The number of aromatic nitrogens is 7. The highest BCUT2D eigenvalue weighted by molar-refractivity contribution is 5.97. The van der Waals surface area contributed by atoms with Gasteiger partial charge in [0.15, 0.2) is 11.5 Å². The summed E-state index contributed by atoms with van der Waals surface area (Å²) in [6.07, 6.45) is 6.10. The van der Waals surface area contributed by atoms with Crippen molar-refractivity contribution < 1.29 is 8.78 Å². The lowest BCUT2D eigenvalue weighted by molar-refractivity contribution is 0.628. The molecule has 7 nitrogen and oxygen atoms in total. The number of nitrogens with one attached hydrogen (secondary N) is 2. The van der Waals surface area contributed by atoms with Crippen molar-refractivity contribution >= 4 is 22.1 Å². The zero-order valence-corrected chi connectivity index (χ0v) is 16.3. The summed E-state index contributed by atoms with van der Waals surface area (Å²) in [5.41, 5.74) is 4.16. The normalized spacial score (nSPS) is 11.4. The minimum atomic E-state index is -0.459. The van der Waals surface area contributed by atoms with Crippen LogP contribution in [0, 0.1) is 11.6 Å². The average Bonchev–Trinajstić information content (AvgIpc) is 3.44. The van der Waals surface area contributed by atoms with Crippen molar-refractivity contribution in [3.05, 3.63) is 79.0 Å². The predicted octanol–water partition coefficient (Wildman–Crippen LogP) is 4.90. The molecule has 0 fully saturated rings. The number of benzene rings is 2. The zero-order chi connectivity index (χ0) is 21.7. The van der Waals surface area contributed by atoms with Crippen LogP contribution in [0.4, 0.5) is 8.78 Å². The van der Waals surface area contributed by atoms with Gasteiger partial charge in [0, 0.05) is 35.3 Å². The molecule has 0 saturated heterocycles. The summed E-state index contributed by atoms with van der Waals surface area (Å²) in [6.45, 7) is 0. The van der Waals surface area contributed by atoms with E-state index in [-0.39, 0.29) is 11.2 Å². The van der Waals surface area contributed by atoms with Gasteiger partial charge in [0.25, 0.3) is 0 Å². The number of halogens is 2. The van der Waals surface area contributed by atoms with Gasteiger partial charge >= 0.3 is 0 Å². The van der Waals surface area contributed by atoms with Crippen molar-refractivity contribution in [2.24, 2.45) is 0 Å². The minimum Gasteiger partial charge on any atom is -0.321 e. The molecule has 32 heavy (non-hydrogen) atoms. The molecule has 0 aliphatic heterocycles. The van der Waals surface area contributed by atoms with E-state index in [1.807, 2.05) is 0 Å². The van der Waals surface area contributed by atoms with Crippen LogP contribution < -0.4 is 0 Å². The van der Waals surface area contributed by atoms with E-state index in [0.717, 1.165) is 0 Å². The average molecular weight is 425 g/mol. The monoisotopic (exact) mass is 425 g/mol. The summed E-state index contributed by atoms with van der Waals surface area (Å²) in [5.74, 6) is -0.455. The number of hydrogen-bond acceptors (Lipinski definition) is 5. The van der Waals surface area contributed by atoms with Gasteiger partial charge in [-0.3, -0.25) is 5.10 Å². The van der Waals surface area contributed by atoms with Crippen LogP contribution in [0.2, 0.25) is 0 Å². The molecule has 0 saturated carbocycles. The maximum Gasteiger partial charge on any atom is 0.161 e. The smallest absolute Gasteiger partial charge is 0.161 e. The van der Waals surface area contributed by atoms with E-state index in [2.05, 4.69) is 35.1 Å². The number of imidazole rings is 1. The number of rotatable bonds is 3. The predicted molar refractivity (Wildman–Crippen MR) is 115 cm³/mol. The molecule has 154 valence electrons. The van der Waals surface area contributed by atoms with Crippen molar-refractivity contribution in [1.29, 1.82) is 0 Å². The molecule has 0 aliphatic rings. The van der Waals surface area contributed by atoms with Gasteiger partial charge in [-0.2, -0.15) is 5.10 Å². The molecule has 0 unspecified atom stereocenters. The summed E-state index contributed by atoms with van der Waals surface area (Å²) in [4.78, 5) is 20.0. The molecule has 6 aromatic rings. The first kappa shape index (κ1) is 18.3. The lowest BCUT2D eigenvalue weighted by Crippen LogP contribution is -1.90. The SMILES string of the molecule is Fc1cccc(-c2ccnc3[nH]c(-c4n[nH]c5ccc(-c6cncnc6)c(F)c45)nc23)c1. The second-order valence-corrected chi connectivity index (χ2v) is 7.20. The van der Waals surface area contributed by atoms with Crippen LogP contribution in [0.1, 0.15) is 0 Å². The van der Waals surface area contributed by atoms with Crippen LogP contribution in [0.15, 0.2) is 67.4 Å². The van der Waals surface area contributed by atoms with E-state index >= 15 is 4.39 Å². The molecular formula is C23H13F2N7. The highest BCUT2D eigenvalue weighted by Gasteiger charge is 2.20. The Balaban J connectivity index is 1.55. The Morgan fingerprint density at radius 3 is 2.59 bits per heavy atom. The Bertz CT molecular complexity index is 1610. The second-order valence-electron chi connectivity index (χ2n) is 7.20. The first-order chi connectivity index (χ1) is 15.7. The van der Waals surface area contributed by atoms with Crippen LogP contribution in [0.3, 0.4) is 0 Å². The fraction of sp³-hybridized carbons (Fsp3) is 0. The van der Waals surface area contributed by atoms with Crippen LogP contribution in [0.25, 0.3) is 55.8 Å². The highest BCUT2D eigenvalue weighted by Crippen LogP contribution is 2.34. The number of H-pyrrole nitrogens is 2. The van der Waals surface area contributed by atoms with Gasteiger partial charge in [0.1, 0.15) is 29.2 Å². The number of pyridine rings is 1. The third-order valence-corrected chi connectivity index (χ3v) is 5.28. The van der Waals surface area contributed by atoms with E-state index in [4.69, 9.17) is 0 Å². The van der Waals surface area contributed by atoms with Gasteiger partial charge < -0.3 is 4.98 Å².